The van der Waals surface area contributed by atoms with E-state index in [1.165, 1.54) is 5.56 Å². The highest BCUT2D eigenvalue weighted by atomic mass is 16.5. The lowest BCUT2D eigenvalue weighted by atomic mass is 10.3. The van der Waals surface area contributed by atoms with Crippen molar-refractivity contribution in [3.8, 4) is 5.75 Å². The monoisotopic (exact) mass is 284 g/mol. The average molecular weight is 284 g/mol. The summed E-state index contributed by atoms with van der Waals surface area (Å²) in [5, 5.41) is 0. The van der Waals surface area contributed by atoms with Crippen LogP contribution in [0, 0.1) is 6.92 Å². The lowest BCUT2D eigenvalue weighted by Gasteiger charge is -1.98. The normalized spacial score (nSPS) is 10.0. The number of aromatic nitrogens is 2. The molecule has 0 N–H and O–H groups in total. The number of hydrogen-bond donors (Lipinski definition) is 0. The van der Waals surface area contributed by atoms with E-state index in [1.807, 2.05) is 49.5 Å². The molecule has 0 spiro atoms. The molecule has 0 fully saturated rings. The van der Waals surface area contributed by atoms with E-state index < -0.39 is 0 Å². The van der Waals surface area contributed by atoms with E-state index in [-0.39, 0.29) is 0 Å². The van der Waals surface area contributed by atoms with Gasteiger partial charge in [0.1, 0.15) is 5.75 Å². The summed E-state index contributed by atoms with van der Waals surface area (Å²) in [4.78, 5) is 4.04. The number of pyridine rings is 2. The highest BCUT2D eigenvalue weighted by molar-refractivity contribution is 5.64. The maximum Gasteiger partial charge on any atom is 0.147 e. The van der Waals surface area contributed by atoms with Crippen LogP contribution in [0.1, 0.15) is 11.3 Å². The van der Waals surface area contributed by atoms with Gasteiger partial charge in [-0.3, -0.25) is 4.98 Å². The highest BCUT2D eigenvalue weighted by Gasteiger charge is 2.04. The van der Waals surface area contributed by atoms with E-state index in [0.717, 1.165) is 17.0 Å². The molecule has 0 aliphatic heterocycles. The van der Waals surface area contributed by atoms with Gasteiger partial charge in [-0.1, -0.05) is 12.1 Å². The molecule has 0 amide bonds. The van der Waals surface area contributed by atoms with E-state index in [4.69, 9.17) is 9.47 Å². The maximum atomic E-state index is 5.28. The summed E-state index contributed by atoms with van der Waals surface area (Å²) >= 11 is 0. The second-order valence-electron chi connectivity index (χ2n) is 4.59. The first-order valence-corrected chi connectivity index (χ1v) is 6.75. The van der Waals surface area contributed by atoms with E-state index in [9.17, 15) is 0 Å². The Kier molecular flexibility index (Phi) is 5.35. The van der Waals surface area contributed by atoms with E-state index in [1.54, 1.807) is 20.4 Å². The van der Waals surface area contributed by atoms with Crippen molar-refractivity contribution < 1.29 is 9.47 Å². The molecule has 0 saturated heterocycles. The van der Waals surface area contributed by atoms with Gasteiger partial charge in [-0.25, -0.2) is 0 Å². The molecule has 21 heavy (non-hydrogen) atoms. The molecule has 3 rings (SSSR count). The Balaban J connectivity index is 0.000000161. The van der Waals surface area contributed by atoms with Gasteiger partial charge in [0.05, 0.1) is 24.9 Å². The predicted octanol–water partition coefficient (Wildman–Crippen LogP) is 3.48. The van der Waals surface area contributed by atoms with Crippen LogP contribution in [0.25, 0.3) is 5.52 Å². The number of methoxy groups -OCH3 is 2. The topological polar surface area (TPSA) is 35.8 Å². The van der Waals surface area contributed by atoms with Gasteiger partial charge in [0.15, 0.2) is 0 Å². The summed E-state index contributed by atoms with van der Waals surface area (Å²) in [6.45, 7) is 2.65. The maximum absolute atomic E-state index is 5.28. The summed E-state index contributed by atoms with van der Waals surface area (Å²) in [6, 6.07) is 11.8. The Morgan fingerprint density at radius 1 is 1.10 bits per heavy atom. The zero-order chi connectivity index (χ0) is 15.1. The first-order chi connectivity index (χ1) is 10.3. The number of aryl methyl sites for hydroxylation is 1. The number of rotatable bonds is 3. The fraction of sp³-hybridized carbons (Fsp3) is 0.235. The van der Waals surface area contributed by atoms with Crippen LogP contribution in [0.2, 0.25) is 0 Å². The Morgan fingerprint density at radius 3 is 2.57 bits per heavy atom. The Labute approximate surface area is 125 Å². The third-order valence-electron chi connectivity index (χ3n) is 3.04. The second kappa shape index (κ2) is 7.45. The van der Waals surface area contributed by atoms with Crippen LogP contribution < -0.4 is 4.74 Å². The van der Waals surface area contributed by atoms with Crippen LogP contribution in [0.3, 0.4) is 0 Å². The Hall–Kier alpha value is -2.33. The minimum atomic E-state index is 0.598. The van der Waals surface area contributed by atoms with E-state index >= 15 is 0 Å². The first-order valence-electron chi connectivity index (χ1n) is 6.75. The molecule has 0 aliphatic carbocycles. The molecule has 0 unspecified atom stereocenters. The largest absolute Gasteiger partial charge is 0.494 e. The van der Waals surface area contributed by atoms with Crippen molar-refractivity contribution in [2.75, 3.05) is 14.2 Å². The van der Waals surface area contributed by atoms with Crippen molar-refractivity contribution in [1.82, 2.24) is 9.38 Å². The molecular formula is C17H20N2O2. The second-order valence-corrected chi connectivity index (χ2v) is 4.59. The molecule has 3 aromatic rings. The molecule has 4 heteroatoms. The van der Waals surface area contributed by atoms with Crippen LogP contribution in [0.15, 0.2) is 55.0 Å². The zero-order valence-electron chi connectivity index (χ0n) is 12.6. The van der Waals surface area contributed by atoms with Gasteiger partial charge in [0.25, 0.3) is 0 Å². The SMILES string of the molecule is COCc1ccccn1.COc1c(C)cn2ccccc12. The van der Waals surface area contributed by atoms with Crippen LogP contribution in [-0.4, -0.2) is 23.6 Å². The molecule has 3 aromatic heterocycles. The molecular weight excluding hydrogens is 264 g/mol. The minimum absolute atomic E-state index is 0.598. The third kappa shape index (κ3) is 3.83. The predicted molar refractivity (Wildman–Crippen MR) is 83.6 cm³/mol. The van der Waals surface area contributed by atoms with Crippen molar-refractivity contribution in [2.24, 2.45) is 0 Å². The fourth-order valence-electron chi connectivity index (χ4n) is 2.13. The van der Waals surface area contributed by atoms with Crippen LogP contribution >= 0.6 is 0 Å². The van der Waals surface area contributed by atoms with Crippen molar-refractivity contribution >= 4 is 5.52 Å². The number of fused-ring (bicyclic) bond motifs is 1. The van der Waals surface area contributed by atoms with Crippen molar-refractivity contribution in [3.63, 3.8) is 0 Å². The fourth-order valence-corrected chi connectivity index (χ4v) is 2.13. The molecule has 110 valence electrons. The number of ether oxygens (including phenoxy) is 2. The lowest BCUT2D eigenvalue weighted by molar-refractivity contribution is 0.181. The van der Waals surface area contributed by atoms with E-state index in [0.29, 0.717) is 6.61 Å². The zero-order valence-corrected chi connectivity index (χ0v) is 12.6. The summed E-state index contributed by atoms with van der Waals surface area (Å²) in [7, 11) is 3.37. The van der Waals surface area contributed by atoms with Crippen molar-refractivity contribution in [1.29, 1.82) is 0 Å². The van der Waals surface area contributed by atoms with Crippen molar-refractivity contribution in [3.05, 3.63) is 66.2 Å². The van der Waals surface area contributed by atoms with Crippen molar-refractivity contribution in [2.45, 2.75) is 13.5 Å². The molecule has 0 aliphatic rings. The summed E-state index contributed by atoms with van der Waals surface area (Å²) < 4.78 is 12.2. The number of hydrogen-bond acceptors (Lipinski definition) is 3. The van der Waals surface area contributed by atoms with Crippen LogP contribution in [0.4, 0.5) is 0 Å². The standard InChI is InChI=1S/C10H11NO.C7H9NO/c1-8-7-11-6-4-3-5-9(11)10(8)12-2;1-9-6-7-4-2-3-5-8-7/h3-7H,1-2H3;2-5H,6H2,1H3. The molecule has 0 atom stereocenters. The molecule has 0 aromatic carbocycles. The summed E-state index contributed by atoms with van der Waals surface area (Å²) in [5.74, 6) is 0.968. The molecule has 0 radical (unpaired) electrons. The highest BCUT2D eigenvalue weighted by Crippen LogP contribution is 2.25. The number of nitrogens with zero attached hydrogens (tertiary/aromatic N) is 2. The molecule has 4 nitrogen and oxygen atoms in total. The smallest absolute Gasteiger partial charge is 0.147 e. The quantitative estimate of drug-likeness (QED) is 0.738. The molecule has 0 bridgehead atoms. The van der Waals surface area contributed by atoms with Gasteiger partial charge in [-0.15, -0.1) is 0 Å². The van der Waals surface area contributed by atoms with Crippen LogP contribution in [0.5, 0.6) is 5.75 Å². The van der Waals surface area contributed by atoms with Gasteiger partial charge >= 0.3 is 0 Å². The van der Waals surface area contributed by atoms with Gasteiger partial charge in [-0.05, 0) is 31.2 Å². The lowest BCUT2D eigenvalue weighted by Crippen LogP contribution is -1.88. The Morgan fingerprint density at radius 2 is 1.90 bits per heavy atom. The third-order valence-corrected chi connectivity index (χ3v) is 3.04. The van der Waals surface area contributed by atoms with Gasteiger partial charge in [0, 0.05) is 31.3 Å². The van der Waals surface area contributed by atoms with Crippen LogP contribution in [-0.2, 0) is 11.3 Å². The van der Waals surface area contributed by atoms with Gasteiger partial charge in [-0.2, -0.15) is 0 Å². The Bertz CT molecular complexity index is 678. The first kappa shape index (κ1) is 15.1. The average Bonchev–Trinajstić information content (AvgIpc) is 2.84. The molecule has 3 heterocycles. The summed E-state index contributed by atoms with van der Waals surface area (Å²) in [6.07, 6.45) is 5.84. The summed E-state index contributed by atoms with van der Waals surface area (Å²) in [5.41, 5.74) is 3.27. The minimum Gasteiger partial charge on any atom is -0.494 e. The van der Waals surface area contributed by atoms with E-state index in [2.05, 4.69) is 15.6 Å². The molecule has 0 saturated carbocycles. The van der Waals surface area contributed by atoms with Gasteiger partial charge in [0.2, 0.25) is 0 Å². The van der Waals surface area contributed by atoms with Gasteiger partial charge < -0.3 is 13.9 Å².